The van der Waals surface area contributed by atoms with Crippen molar-refractivity contribution in [2.24, 2.45) is 4.99 Å². The third kappa shape index (κ3) is 3.77. The molecule has 2 heterocycles. The summed E-state index contributed by atoms with van der Waals surface area (Å²) in [5.41, 5.74) is 1.84. The quantitative estimate of drug-likeness (QED) is 0.482. The number of fused-ring (bicyclic) bond motifs is 1. The maximum atomic E-state index is 13.5. The summed E-state index contributed by atoms with van der Waals surface area (Å²) in [4.78, 5) is 25.1. The van der Waals surface area contributed by atoms with Crippen LogP contribution in [0.2, 0.25) is 0 Å². The van der Waals surface area contributed by atoms with Crippen molar-refractivity contribution in [3.8, 4) is 0 Å². The zero-order valence-corrected chi connectivity index (χ0v) is 17.5. The minimum Gasteiger partial charge on any atom is -0.283 e. The van der Waals surface area contributed by atoms with E-state index in [-0.39, 0.29) is 11.9 Å². The molecule has 0 spiro atoms. The topological polar surface area (TPSA) is 45.6 Å². The van der Waals surface area contributed by atoms with Gasteiger partial charge in [-0.1, -0.05) is 61.7 Å². The van der Waals surface area contributed by atoms with Crippen molar-refractivity contribution in [2.75, 3.05) is 0 Å². The van der Waals surface area contributed by atoms with Gasteiger partial charge in [0.15, 0.2) is 5.17 Å². The zero-order valence-electron chi connectivity index (χ0n) is 16.7. The summed E-state index contributed by atoms with van der Waals surface area (Å²) >= 11 is 1.48. The lowest BCUT2D eigenvalue weighted by Crippen LogP contribution is -2.40. The van der Waals surface area contributed by atoms with Crippen LogP contribution in [-0.2, 0) is 4.79 Å². The number of carbonyl (C=O) groups excluding carboxylic acids is 1. The molecule has 1 saturated heterocycles. The number of aliphatic imine (C=N–C) groups is 1. The second-order valence-corrected chi connectivity index (χ2v) is 8.76. The average molecular weight is 414 g/mol. The van der Waals surface area contributed by atoms with Crippen LogP contribution in [0.1, 0.15) is 37.7 Å². The predicted molar refractivity (Wildman–Crippen MR) is 125 cm³/mol. The molecular weight excluding hydrogens is 390 g/mol. The summed E-state index contributed by atoms with van der Waals surface area (Å²) < 4.78 is 0. The number of pyridine rings is 1. The van der Waals surface area contributed by atoms with Gasteiger partial charge in [0.2, 0.25) is 0 Å². The van der Waals surface area contributed by atoms with Crippen LogP contribution in [0, 0.1) is 0 Å². The highest BCUT2D eigenvalue weighted by Gasteiger charge is 2.38. The Labute approximate surface area is 180 Å². The average Bonchev–Trinajstić information content (AvgIpc) is 3.10. The smallest absolute Gasteiger partial charge is 0.267 e. The highest BCUT2D eigenvalue weighted by molar-refractivity contribution is 8.18. The molecule has 2 fully saturated rings. The number of rotatable bonds is 3. The molecular formula is C25H23N3OS. The molecule has 5 heteroatoms. The molecule has 4 nitrogen and oxygen atoms in total. The van der Waals surface area contributed by atoms with Gasteiger partial charge in [0.05, 0.1) is 16.8 Å². The largest absolute Gasteiger partial charge is 0.283 e. The molecule has 0 radical (unpaired) electrons. The minimum atomic E-state index is 0.0717. The van der Waals surface area contributed by atoms with Crippen molar-refractivity contribution < 1.29 is 4.79 Å². The summed E-state index contributed by atoms with van der Waals surface area (Å²) in [7, 11) is 0. The number of aromatic nitrogens is 1. The predicted octanol–water partition coefficient (Wildman–Crippen LogP) is 6.17. The van der Waals surface area contributed by atoms with E-state index in [1.807, 2.05) is 41.3 Å². The zero-order chi connectivity index (χ0) is 20.3. The first kappa shape index (κ1) is 19.1. The molecule has 1 amide bonds. The molecule has 0 N–H and O–H groups in total. The first-order valence-corrected chi connectivity index (χ1v) is 11.3. The molecule has 3 aromatic rings. The molecule has 0 unspecified atom stereocenters. The molecule has 150 valence electrons. The molecule has 5 rings (SSSR count). The highest BCUT2D eigenvalue weighted by atomic mass is 32.2. The van der Waals surface area contributed by atoms with E-state index in [2.05, 4.69) is 29.2 Å². The van der Waals surface area contributed by atoms with Gasteiger partial charge in [-0.05, 0) is 59.1 Å². The minimum absolute atomic E-state index is 0.0717. The fraction of sp³-hybridized carbons (Fsp3) is 0.240. The first-order chi connectivity index (χ1) is 14.8. The normalized spacial score (nSPS) is 20.5. The van der Waals surface area contributed by atoms with Crippen molar-refractivity contribution in [1.82, 2.24) is 9.88 Å². The lowest BCUT2D eigenvalue weighted by Gasteiger charge is -2.30. The number of amidine groups is 1. The van der Waals surface area contributed by atoms with E-state index in [1.54, 1.807) is 12.4 Å². The van der Waals surface area contributed by atoms with Crippen LogP contribution in [0.5, 0.6) is 0 Å². The third-order valence-electron chi connectivity index (χ3n) is 5.76. The highest BCUT2D eigenvalue weighted by Crippen LogP contribution is 2.39. The third-order valence-corrected chi connectivity index (χ3v) is 6.74. The van der Waals surface area contributed by atoms with E-state index < -0.39 is 0 Å². The van der Waals surface area contributed by atoms with Crippen LogP contribution in [0.25, 0.3) is 16.8 Å². The Morgan fingerprint density at radius 3 is 2.67 bits per heavy atom. The summed E-state index contributed by atoms with van der Waals surface area (Å²) in [5.74, 6) is 0.0717. The Morgan fingerprint density at radius 2 is 1.83 bits per heavy atom. The maximum Gasteiger partial charge on any atom is 0.267 e. The molecule has 0 bridgehead atoms. The van der Waals surface area contributed by atoms with Gasteiger partial charge >= 0.3 is 0 Å². The van der Waals surface area contributed by atoms with Crippen LogP contribution >= 0.6 is 11.8 Å². The standard InChI is InChI=1S/C25H23N3OS/c29-24-23(16-19-10-6-9-18-8-4-5-14-22(18)19)30-25(27-20-11-7-15-26-17-20)28(24)21-12-2-1-3-13-21/h4-11,14-17,21H,1-3,12-13H2/b23-16-,27-25?. The van der Waals surface area contributed by atoms with E-state index in [0.717, 1.165) is 39.6 Å². The number of hydrogen-bond donors (Lipinski definition) is 0. The first-order valence-electron chi connectivity index (χ1n) is 10.5. The van der Waals surface area contributed by atoms with Crippen LogP contribution in [-0.4, -0.2) is 27.0 Å². The number of amides is 1. The van der Waals surface area contributed by atoms with Crippen molar-refractivity contribution in [3.05, 3.63) is 77.5 Å². The van der Waals surface area contributed by atoms with Crippen LogP contribution in [0.4, 0.5) is 5.69 Å². The number of carbonyl (C=O) groups is 1. The SMILES string of the molecule is O=C1/C(=C/c2cccc3ccccc23)SC(=Nc2cccnc2)N1C1CCCCC1. The van der Waals surface area contributed by atoms with Crippen LogP contribution in [0.3, 0.4) is 0 Å². The Hall–Kier alpha value is -2.92. The van der Waals surface area contributed by atoms with Gasteiger partial charge in [-0.25, -0.2) is 4.99 Å². The Morgan fingerprint density at radius 1 is 1.00 bits per heavy atom. The fourth-order valence-electron chi connectivity index (χ4n) is 4.27. The van der Waals surface area contributed by atoms with E-state index >= 15 is 0 Å². The van der Waals surface area contributed by atoms with Crippen LogP contribution in [0.15, 0.2) is 76.9 Å². The molecule has 1 aromatic heterocycles. The van der Waals surface area contributed by atoms with E-state index in [9.17, 15) is 4.79 Å². The molecule has 1 aliphatic heterocycles. The summed E-state index contributed by atoms with van der Waals surface area (Å²) in [5, 5.41) is 3.10. The van der Waals surface area contributed by atoms with Crippen molar-refractivity contribution in [1.29, 1.82) is 0 Å². The Bertz CT molecular complexity index is 1130. The van der Waals surface area contributed by atoms with Crippen LogP contribution < -0.4 is 0 Å². The maximum absolute atomic E-state index is 13.5. The summed E-state index contributed by atoms with van der Waals surface area (Å²) in [6.07, 6.45) is 11.2. The van der Waals surface area contributed by atoms with E-state index in [4.69, 9.17) is 4.99 Å². The van der Waals surface area contributed by atoms with Gasteiger partial charge in [0.1, 0.15) is 0 Å². The lowest BCUT2D eigenvalue weighted by atomic mass is 9.94. The van der Waals surface area contributed by atoms with Gasteiger partial charge in [0, 0.05) is 12.2 Å². The molecule has 0 atom stereocenters. The fourth-order valence-corrected chi connectivity index (χ4v) is 5.32. The van der Waals surface area contributed by atoms with Gasteiger partial charge in [-0.15, -0.1) is 0 Å². The number of thioether (sulfide) groups is 1. The molecule has 2 aromatic carbocycles. The van der Waals surface area contributed by atoms with Gasteiger partial charge in [0.25, 0.3) is 5.91 Å². The van der Waals surface area contributed by atoms with Gasteiger partial charge in [-0.3, -0.25) is 14.7 Å². The van der Waals surface area contributed by atoms with Crippen molar-refractivity contribution >= 4 is 45.4 Å². The van der Waals surface area contributed by atoms with Crippen molar-refractivity contribution in [3.63, 3.8) is 0 Å². The molecule has 2 aliphatic rings. The Kier molecular flexibility index (Phi) is 5.37. The Balaban J connectivity index is 1.56. The second kappa shape index (κ2) is 8.44. The monoisotopic (exact) mass is 413 g/mol. The summed E-state index contributed by atoms with van der Waals surface area (Å²) in [6, 6.07) is 18.5. The number of nitrogens with zero attached hydrogens (tertiary/aromatic N) is 3. The van der Waals surface area contributed by atoms with Crippen molar-refractivity contribution in [2.45, 2.75) is 38.1 Å². The summed E-state index contributed by atoms with van der Waals surface area (Å²) in [6.45, 7) is 0. The number of hydrogen-bond acceptors (Lipinski definition) is 4. The van der Waals surface area contributed by atoms with E-state index in [1.165, 1.54) is 36.4 Å². The number of benzene rings is 2. The molecule has 30 heavy (non-hydrogen) atoms. The van der Waals surface area contributed by atoms with Gasteiger partial charge in [-0.2, -0.15) is 0 Å². The lowest BCUT2D eigenvalue weighted by molar-refractivity contribution is -0.124. The van der Waals surface area contributed by atoms with Gasteiger partial charge < -0.3 is 0 Å². The molecule has 1 saturated carbocycles. The molecule has 1 aliphatic carbocycles. The second-order valence-electron chi connectivity index (χ2n) is 7.75. The van der Waals surface area contributed by atoms with E-state index in [0.29, 0.717) is 0 Å².